The molecule has 0 saturated carbocycles. The molecule has 5 heterocycles. The van der Waals surface area contributed by atoms with Crippen molar-refractivity contribution in [3.8, 4) is 0 Å². The van der Waals surface area contributed by atoms with Crippen molar-refractivity contribution in [3.63, 3.8) is 0 Å². The Balaban J connectivity index is 1.35. The molecule has 2 aliphatic heterocycles. The van der Waals surface area contributed by atoms with E-state index in [4.69, 9.17) is 14.7 Å². The number of piperazine rings is 1. The number of nitrogens with zero attached hydrogens (tertiary/aromatic N) is 8. The van der Waals surface area contributed by atoms with Crippen LogP contribution in [0.3, 0.4) is 0 Å². The molecule has 0 aromatic carbocycles. The second kappa shape index (κ2) is 8.35. The van der Waals surface area contributed by atoms with Gasteiger partial charge < -0.3 is 19.1 Å². The lowest BCUT2D eigenvalue weighted by atomic mass is 9.96. The number of imidazole rings is 1. The first kappa shape index (κ1) is 19.5. The van der Waals surface area contributed by atoms with Gasteiger partial charge in [0.15, 0.2) is 16.6 Å². The fourth-order valence-electron chi connectivity index (χ4n) is 4.23. The SMILES string of the molecule is CSc1nc(C2CCOCC2)cc(N2CCN(c3ncnc4ncn(C)c34)CC2)n1. The first-order valence-electron chi connectivity index (χ1n) is 10.4. The maximum absolute atomic E-state index is 5.53. The van der Waals surface area contributed by atoms with E-state index in [9.17, 15) is 0 Å². The highest BCUT2D eigenvalue weighted by atomic mass is 32.2. The third kappa shape index (κ3) is 3.69. The number of aromatic nitrogens is 6. The number of rotatable bonds is 4. The minimum atomic E-state index is 0.465. The Morgan fingerprint density at radius 1 is 1.00 bits per heavy atom. The zero-order chi connectivity index (χ0) is 20.5. The van der Waals surface area contributed by atoms with E-state index < -0.39 is 0 Å². The molecule has 0 unspecified atom stereocenters. The van der Waals surface area contributed by atoms with E-state index in [1.54, 1.807) is 24.4 Å². The van der Waals surface area contributed by atoms with Gasteiger partial charge in [0.05, 0.1) is 12.0 Å². The summed E-state index contributed by atoms with van der Waals surface area (Å²) in [5.74, 6) is 2.45. The molecule has 30 heavy (non-hydrogen) atoms. The average Bonchev–Trinajstić information content (AvgIpc) is 3.20. The molecule has 10 heteroatoms. The van der Waals surface area contributed by atoms with E-state index in [1.807, 2.05) is 17.9 Å². The standard InChI is InChI=1S/C20H26N8OS/c1-26-13-23-18-17(26)19(22-12-21-18)28-7-5-27(6-8-28)16-11-15(24-20(25-16)30-2)14-3-9-29-10-4-14/h11-14H,3-10H2,1-2H3. The molecule has 0 amide bonds. The maximum Gasteiger partial charge on any atom is 0.189 e. The maximum atomic E-state index is 5.53. The summed E-state index contributed by atoms with van der Waals surface area (Å²) in [7, 11) is 1.99. The molecule has 0 atom stereocenters. The number of fused-ring (bicyclic) bond motifs is 1. The predicted octanol–water partition coefficient (Wildman–Crippen LogP) is 2.10. The van der Waals surface area contributed by atoms with Crippen LogP contribution >= 0.6 is 11.8 Å². The molecule has 2 saturated heterocycles. The largest absolute Gasteiger partial charge is 0.381 e. The third-order valence-electron chi connectivity index (χ3n) is 5.93. The molecular weight excluding hydrogens is 400 g/mol. The topological polar surface area (TPSA) is 85.1 Å². The molecule has 0 radical (unpaired) electrons. The van der Waals surface area contributed by atoms with Crippen LogP contribution in [0.1, 0.15) is 24.5 Å². The summed E-state index contributed by atoms with van der Waals surface area (Å²) in [6.07, 6.45) is 7.51. The normalized spacial score (nSPS) is 18.3. The van der Waals surface area contributed by atoms with Crippen molar-refractivity contribution in [2.45, 2.75) is 23.9 Å². The molecule has 3 aromatic rings. The van der Waals surface area contributed by atoms with Crippen LogP contribution < -0.4 is 9.80 Å². The number of hydrogen-bond donors (Lipinski definition) is 0. The van der Waals surface area contributed by atoms with Gasteiger partial charge in [-0.2, -0.15) is 0 Å². The Bertz CT molecular complexity index is 1030. The summed E-state index contributed by atoms with van der Waals surface area (Å²) >= 11 is 1.61. The molecule has 0 aliphatic carbocycles. The van der Waals surface area contributed by atoms with Gasteiger partial charge in [0.2, 0.25) is 0 Å². The zero-order valence-electron chi connectivity index (χ0n) is 17.4. The Hall–Kier alpha value is -2.46. The average molecular weight is 427 g/mol. The third-order valence-corrected chi connectivity index (χ3v) is 6.47. The lowest BCUT2D eigenvalue weighted by molar-refractivity contribution is 0.0843. The number of anilines is 2. The van der Waals surface area contributed by atoms with Crippen molar-refractivity contribution in [1.29, 1.82) is 0 Å². The first-order valence-corrected chi connectivity index (χ1v) is 11.6. The van der Waals surface area contributed by atoms with Crippen molar-refractivity contribution in [2.75, 3.05) is 55.4 Å². The minimum Gasteiger partial charge on any atom is -0.381 e. The van der Waals surface area contributed by atoms with Gasteiger partial charge in [0.1, 0.15) is 17.7 Å². The Morgan fingerprint density at radius 3 is 2.53 bits per heavy atom. The van der Waals surface area contributed by atoms with E-state index >= 15 is 0 Å². The van der Waals surface area contributed by atoms with Crippen molar-refractivity contribution >= 4 is 34.6 Å². The van der Waals surface area contributed by atoms with Crippen molar-refractivity contribution in [1.82, 2.24) is 29.5 Å². The summed E-state index contributed by atoms with van der Waals surface area (Å²) in [5.41, 5.74) is 2.88. The summed E-state index contributed by atoms with van der Waals surface area (Å²) < 4.78 is 7.52. The van der Waals surface area contributed by atoms with Crippen molar-refractivity contribution < 1.29 is 4.74 Å². The van der Waals surface area contributed by atoms with Crippen LogP contribution in [0, 0.1) is 0 Å². The highest BCUT2D eigenvalue weighted by molar-refractivity contribution is 7.98. The van der Waals surface area contributed by atoms with Gasteiger partial charge in [-0.25, -0.2) is 24.9 Å². The molecule has 5 rings (SSSR count). The summed E-state index contributed by atoms with van der Waals surface area (Å²) in [6.45, 7) is 5.17. The molecule has 9 nitrogen and oxygen atoms in total. The van der Waals surface area contributed by atoms with Gasteiger partial charge in [0.25, 0.3) is 0 Å². The van der Waals surface area contributed by atoms with Crippen LogP contribution in [0.15, 0.2) is 23.9 Å². The lowest BCUT2D eigenvalue weighted by Gasteiger charge is -2.36. The highest BCUT2D eigenvalue weighted by Crippen LogP contribution is 2.30. The van der Waals surface area contributed by atoms with Gasteiger partial charge in [-0.3, -0.25) is 0 Å². The van der Waals surface area contributed by atoms with Gasteiger partial charge >= 0.3 is 0 Å². The second-order valence-corrected chi connectivity index (χ2v) is 8.50. The van der Waals surface area contributed by atoms with Crippen LogP contribution in [0.4, 0.5) is 11.6 Å². The molecular formula is C20H26N8OS. The molecule has 0 bridgehead atoms. The number of ether oxygens (including phenoxy) is 1. The zero-order valence-corrected chi connectivity index (χ0v) is 18.2. The molecule has 158 valence electrons. The van der Waals surface area contributed by atoms with E-state index in [-0.39, 0.29) is 0 Å². The van der Waals surface area contributed by atoms with Crippen LogP contribution in [-0.2, 0) is 11.8 Å². The van der Waals surface area contributed by atoms with Crippen molar-refractivity contribution in [3.05, 3.63) is 24.4 Å². The van der Waals surface area contributed by atoms with E-state index in [1.165, 1.54) is 0 Å². The number of hydrogen-bond acceptors (Lipinski definition) is 9. The fourth-order valence-corrected chi connectivity index (χ4v) is 4.62. The Morgan fingerprint density at radius 2 is 1.77 bits per heavy atom. The van der Waals surface area contributed by atoms with Crippen LogP contribution in [0.2, 0.25) is 0 Å². The van der Waals surface area contributed by atoms with Crippen molar-refractivity contribution in [2.24, 2.45) is 7.05 Å². The molecule has 2 aliphatic rings. The second-order valence-electron chi connectivity index (χ2n) is 7.72. The molecule has 0 N–H and O–H groups in total. The van der Waals surface area contributed by atoms with Gasteiger partial charge in [-0.1, -0.05) is 11.8 Å². The number of aryl methyl sites for hydroxylation is 1. The quantitative estimate of drug-likeness (QED) is 0.460. The van der Waals surface area contributed by atoms with Crippen LogP contribution in [-0.4, -0.2) is 75.1 Å². The fraction of sp³-hybridized carbons (Fsp3) is 0.550. The van der Waals surface area contributed by atoms with Crippen LogP contribution in [0.25, 0.3) is 11.2 Å². The van der Waals surface area contributed by atoms with E-state index in [0.29, 0.717) is 5.92 Å². The summed E-state index contributed by atoms with van der Waals surface area (Å²) in [4.78, 5) is 27.5. The smallest absolute Gasteiger partial charge is 0.189 e. The summed E-state index contributed by atoms with van der Waals surface area (Å²) in [6, 6.07) is 2.19. The summed E-state index contributed by atoms with van der Waals surface area (Å²) in [5, 5.41) is 0.851. The lowest BCUT2D eigenvalue weighted by Crippen LogP contribution is -2.47. The number of thioether (sulfide) groups is 1. The molecule has 2 fully saturated rings. The monoisotopic (exact) mass is 426 g/mol. The predicted molar refractivity (Wildman–Crippen MR) is 117 cm³/mol. The van der Waals surface area contributed by atoms with Crippen LogP contribution in [0.5, 0.6) is 0 Å². The van der Waals surface area contributed by atoms with Gasteiger partial charge in [-0.05, 0) is 19.1 Å². The first-order chi connectivity index (χ1) is 14.7. The Kier molecular flexibility index (Phi) is 5.43. The van der Waals surface area contributed by atoms with Gasteiger partial charge in [0, 0.05) is 58.4 Å². The highest BCUT2D eigenvalue weighted by Gasteiger charge is 2.25. The minimum absolute atomic E-state index is 0.465. The molecule has 0 spiro atoms. The Labute approximate surface area is 179 Å². The van der Waals surface area contributed by atoms with E-state index in [0.717, 1.165) is 85.9 Å². The molecule has 3 aromatic heterocycles. The van der Waals surface area contributed by atoms with E-state index in [2.05, 4.69) is 30.8 Å². The van der Waals surface area contributed by atoms with Gasteiger partial charge in [-0.15, -0.1) is 0 Å².